The molecule has 0 radical (unpaired) electrons. The van der Waals surface area contributed by atoms with E-state index in [0.29, 0.717) is 25.7 Å². The third-order valence-corrected chi connectivity index (χ3v) is 9.15. The largest absolute Gasteiger partial charge is 0.291 e. The van der Waals surface area contributed by atoms with Gasteiger partial charge in [-0.1, -0.05) is 33.6 Å². The second-order valence-corrected chi connectivity index (χ2v) is 10.3. The van der Waals surface area contributed by atoms with Crippen molar-refractivity contribution in [3.05, 3.63) is 0 Å². The number of ketones is 2. The van der Waals surface area contributed by atoms with Crippen LogP contribution in [0.4, 0.5) is 0 Å². The fraction of sp³-hybridized carbons (Fsp3) is 0.857. The predicted molar refractivity (Wildman–Crippen MR) is 86.0 cm³/mol. The van der Waals surface area contributed by atoms with Gasteiger partial charge in [0.05, 0.1) is 17.4 Å². The van der Waals surface area contributed by atoms with Gasteiger partial charge in [-0.15, -0.1) is 0 Å². The normalized spacial score (nSPS) is 14.0. The third-order valence-electron chi connectivity index (χ3n) is 3.44. The van der Waals surface area contributed by atoms with Crippen molar-refractivity contribution in [1.29, 1.82) is 0 Å². The molecule has 0 aliphatic rings. The highest BCUT2D eigenvalue weighted by molar-refractivity contribution is 8.09. The van der Waals surface area contributed by atoms with E-state index in [2.05, 4.69) is 0 Å². The van der Waals surface area contributed by atoms with E-state index in [4.69, 9.17) is 0 Å². The molecule has 22 heavy (non-hydrogen) atoms. The number of carbonyl (C=O) groups excluding carboxylic acids is 2. The van der Waals surface area contributed by atoms with Crippen molar-refractivity contribution in [2.24, 2.45) is 5.92 Å². The summed E-state index contributed by atoms with van der Waals surface area (Å²) in [5.74, 6) is -3.75. The van der Waals surface area contributed by atoms with Crippen LogP contribution in [0.1, 0.15) is 53.4 Å². The van der Waals surface area contributed by atoms with Gasteiger partial charge in [-0.3, -0.25) is 9.59 Å². The second kappa shape index (κ2) is 8.76. The third kappa shape index (κ3) is 5.79. The Hall–Kier alpha value is -0.760. The lowest BCUT2D eigenvalue weighted by atomic mass is 10.1. The Morgan fingerprint density at radius 1 is 0.864 bits per heavy atom. The van der Waals surface area contributed by atoms with Crippen LogP contribution < -0.4 is 0 Å². The van der Waals surface area contributed by atoms with Crippen LogP contribution in [-0.2, 0) is 29.3 Å². The van der Waals surface area contributed by atoms with Gasteiger partial charge in [0.2, 0.25) is 5.78 Å². The molecule has 0 heterocycles. The van der Waals surface area contributed by atoms with E-state index in [1.165, 1.54) is 6.92 Å². The van der Waals surface area contributed by atoms with Crippen molar-refractivity contribution >= 4 is 31.2 Å². The van der Waals surface area contributed by atoms with Crippen molar-refractivity contribution < 1.29 is 26.4 Å². The number of hydrogen-bond donors (Lipinski definition) is 0. The molecule has 1 unspecified atom stereocenters. The zero-order chi connectivity index (χ0) is 17.6. The molecule has 0 aromatic carbocycles. The van der Waals surface area contributed by atoms with Crippen LogP contribution in [0.15, 0.2) is 0 Å². The SMILES string of the molecule is CCCCS(=O)(=O)C(C(C)C(=O)C(C)=O)S(=O)(=O)CCCC. The molecule has 0 spiro atoms. The van der Waals surface area contributed by atoms with Crippen molar-refractivity contribution in [3.63, 3.8) is 0 Å². The molecule has 0 saturated carbocycles. The molecule has 0 saturated heterocycles. The minimum Gasteiger partial charge on any atom is -0.291 e. The molecule has 0 aromatic heterocycles. The maximum atomic E-state index is 12.4. The van der Waals surface area contributed by atoms with Crippen molar-refractivity contribution in [2.45, 2.75) is 58.0 Å². The average molecular weight is 354 g/mol. The first-order chi connectivity index (χ1) is 10.0. The smallest absolute Gasteiger partial charge is 0.203 e. The zero-order valence-electron chi connectivity index (χ0n) is 13.7. The molecule has 0 N–H and O–H groups in total. The molecule has 0 fully saturated rings. The van der Waals surface area contributed by atoms with E-state index in [-0.39, 0.29) is 11.5 Å². The summed E-state index contributed by atoms with van der Waals surface area (Å²) in [4.78, 5) is 23.1. The van der Waals surface area contributed by atoms with Gasteiger partial charge in [0.25, 0.3) is 0 Å². The molecule has 0 aliphatic carbocycles. The molecule has 0 aliphatic heterocycles. The van der Waals surface area contributed by atoms with Gasteiger partial charge in [-0.25, -0.2) is 16.8 Å². The van der Waals surface area contributed by atoms with Gasteiger partial charge in [-0.2, -0.15) is 0 Å². The van der Waals surface area contributed by atoms with E-state index in [0.717, 1.165) is 6.92 Å². The minimum absolute atomic E-state index is 0.297. The zero-order valence-corrected chi connectivity index (χ0v) is 15.3. The Kier molecular flexibility index (Phi) is 8.46. The number of rotatable bonds is 11. The molecule has 6 nitrogen and oxygen atoms in total. The number of hydrogen-bond acceptors (Lipinski definition) is 6. The van der Waals surface area contributed by atoms with Gasteiger partial charge in [0.15, 0.2) is 30.0 Å². The summed E-state index contributed by atoms with van der Waals surface area (Å²) in [5.41, 5.74) is 0. The van der Waals surface area contributed by atoms with Crippen molar-refractivity contribution in [3.8, 4) is 0 Å². The van der Waals surface area contributed by atoms with Crippen LogP contribution in [0.5, 0.6) is 0 Å². The topological polar surface area (TPSA) is 102 Å². The molecule has 8 heteroatoms. The fourth-order valence-corrected chi connectivity index (χ4v) is 7.92. The fourth-order valence-electron chi connectivity index (χ4n) is 2.21. The second-order valence-electron chi connectivity index (χ2n) is 5.52. The Morgan fingerprint density at radius 3 is 1.50 bits per heavy atom. The maximum absolute atomic E-state index is 12.4. The molecular weight excluding hydrogens is 328 g/mol. The van der Waals surface area contributed by atoms with Crippen molar-refractivity contribution in [2.75, 3.05) is 11.5 Å². The summed E-state index contributed by atoms with van der Waals surface area (Å²) >= 11 is 0. The molecule has 0 rings (SSSR count). The van der Waals surface area contributed by atoms with Crippen LogP contribution in [0.3, 0.4) is 0 Å². The highest BCUT2D eigenvalue weighted by atomic mass is 32.3. The Morgan fingerprint density at radius 2 is 1.23 bits per heavy atom. The monoisotopic (exact) mass is 354 g/mol. The Bertz CT molecular complexity index is 551. The lowest BCUT2D eigenvalue weighted by Gasteiger charge is -2.22. The summed E-state index contributed by atoms with van der Waals surface area (Å²) in [6.45, 7) is 5.81. The standard InChI is InChI=1S/C14H26O6S2/c1-5-7-9-21(17,18)14(11(3)13(16)12(4)15)22(19,20)10-8-6-2/h11,14H,5-10H2,1-4H3. The molecule has 130 valence electrons. The van der Waals surface area contributed by atoms with E-state index in [1.807, 2.05) is 0 Å². The summed E-state index contributed by atoms with van der Waals surface area (Å²) < 4.78 is 47.9. The van der Waals surface area contributed by atoms with Gasteiger partial charge < -0.3 is 0 Å². The van der Waals surface area contributed by atoms with Crippen LogP contribution >= 0.6 is 0 Å². The maximum Gasteiger partial charge on any atom is 0.203 e. The first kappa shape index (κ1) is 21.2. The number of sulfone groups is 2. The van der Waals surface area contributed by atoms with Crippen LogP contribution in [0, 0.1) is 5.92 Å². The first-order valence-electron chi connectivity index (χ1n) is 7.49. The number of Topliss-reactive ketones (excluding diaryl/α,β-unsaturated/α-hetero) is 2. The van der Waals surface area contributed by atoms with E-state index in [1.54, 1.807) is 13.8 Å². The molecule has 0 bridgehead atoms. The molecular formula is C14H26O6S2. The van der Waals surface area contributed by atoms with E-state index >= 15 is 0 Å². The van der Waals surface area contributed by atoms with Crippen LogP contribution in [0.2, 0.25) is 0 Å². The summed E-state index contributed by atoms with van der Waals surface area (Å²) in [7, 11) is -8.02. The molecule has 1 atom stereocenters. The van der Waals surface area contributed by atoms with Gasteiger partial charge in [0, 0.05) is 6.92 Å². The average Bonchev–Trinajstić information content (AvgIpc) is 2.41. The Labute approximate surface area is 133 Å². The van der Waals surface area contributed by atoms with E-state index < -0.39 is 41.7 Å². The highest BCUT2D eigenvalue weighted by Gasteiger charge is 2.44. The first-order valence-corrected chi connectivity index (χ1v) is 10.9. The summed E-state index contributed by atoms with van der Waals surface area (Å²) in [6.07, 6.45) is 1.83. The lowest BCUT2D eigenvalue weighted by molar-refractivity contribution is -0.137. The number of carbonyl (C=O) groups is 2. The highest BCUT2D eigenvalue weighted by Crippen LogP contribution is 2.24. The van der Waals surface area contributed by atoms with Crippen LogP contribution in [-0.4, -0.2) is 44.5 Å². The van der Waals surface area contributed by atoms with Gasteiger partial charge in [-0.05, 0) is 12.8 Å². The minimum atomic E-state index is -4.01. The predicted octanol–water partition coefficient (Wildman–Crippen LogP) is 1.54. The molecule has 0 aromatic rings. The van der Waals surface area contributed by atoms with Gasteiger partial charge >= 0.3 is 0 Å². The molecule has 0 amide bonds. The van der Waals surface area contributed by atoms with Gasteiger partial charge in [0.1, 0.15) is 0 Å². The summed E-state index contributed by atoms with van der Waals surface area (Å²) in [6, 6.07) is 0. The van der Waals surface area contributed by atoms with E-state index in [9.17, 15) is 26.4 Å². The van der Waals surface area contributed by atoms with Crippen molar-refractivity contribution in [1.82, 2.24) is 0 Å². The Balaban J connectivity index is 5.79. The summed E-state index contributed by atoms with van der Waals surface area (Å²) in [5, 5.41) is 0. The number of unbranched alkanes of at least 4 members (excludes halogenated alkanes) is 2. The quantitative estimate of drug-likeness (QED) is 0.521. The lowest BCUT2D eigenvalue weighted by Crippen LogP contribution is -2.43. The van der Waals surface area contributed by atoms with Crippen LogP contribution in [0.25, 0.3) is 0 Å².